The van der Waals surface area contributed by atoms with E-state index in [0.717, 1.165) is 0 Å². The van der Waals surface area contributed by atoms with Crippen molar-refractivity contribution in [3.05, 3.63) is 53.1 Å². The molecule has 2 rings (SSSR count). The van der Waals surface area contributed by atoms with Gasteiger partial charge in [-0.05, 0) is 24.3 Å². The zero-order chi connectivity index (χ0) is 13.1. The summed E-state index contributed by atoms with van der Waals surface area (Å²) in [6, 6.07) is 11.0. The Balaban J connectivity index is 2.40. The molecule has 3 N–H and O–H groups in total. The van der Waals surface area contributed by atoms with Gasteiger partial charge in [0.05, 0.1) is 5.02 Å². The van der Waals surface area contributed by atoms with Crippen molar-refractivity contribution in [1.82, 2.24) is 0 Å². The van der Waals surface area contributed by atoms with Gasteiger partial charge in [0, 0.05) is 6.07 Å². The van der Waals surface area contributed by atoms with Crippen LogP contribution in [0.1, 0.15) is 10.4 Å². The molecule has 0 atom stereocenters. The number of hydrogen-bond donors (Lipinski definition) is 2. The Morgan fingerprint density at radius 2 is 1.94 bits per heavy atom. The van der Waals surface area contributed by atoms with Gasteiger partial charge in [0.1, 0.15) is 22.8 Å². The average molecular weight is 264 g/mol. The van der Waals surface area contributed by atoms with Crippen molar-refractivity contribution in [3.8, 4) is 17.2 Å². The lowest BCUT2D eigenvalue weighted by atomic mass is 10.2. The molecule has 0 aromatic heterocycles. The fraction of sp³-hybridized carbons (Fsp3) is 0. The minimum absolute atomic E-state index is 0.0650. The molecule has 0 bridgehead atoms. The van der Waals surface area contributed by atoms with Crippen LogP contribution in [0.3, 0.4) is 0 Å². The molecule has 1 amide bonds. The Labute approximate surface area is 109 Å². The fourth-order valence-corrected chi connectivity index (χ4v) is 1.76. The van der Waals surface area contributed by atoms with E-state index in [1.807, 2.05) is 0 Å². The number of phenolic OH excluding ortho intramolecular Hbond substituents is 1. The van der Waals surface area contributed by atoms with Crippen LogP contribution in [0.5, 0.6) is 17.2 Å². The Kier molecular flexibility index (Phi) is 3.39. The van der Waals surface area contributed by atoms with Crippen LogP contribution in [0.4, 0.5) is 0 Å². The number of rotatable bonds is 3. The second kappa shape index (κ2) is 4.98. The van der Waals surface area contributed by atoms with E-state index in [1.165, 1.54) is 12.1 Å². The van der Waals surface area contributed by atoms with Crippen molar-refractivity contribution in [2.75, 3.05) is 0 Å². The summed E-state index contributed by atoms with van der Waals surface area (Å²) in [5.41, 5.74) is 5.36. The van der Waals surface area contributed by atoms with Crippen molar-refractivity contribution < 1.29 is 14.6 Å². The molecule has 0 unspecified atom stereocenters. The van der Waals surface area contributed by atoms with Gasteiger partial charge in [-0.3, -0.25) is 4.79 Å². The monoisotopic (exact) mass is 263 g/mol. The summed E-state index contributed by atoms with van der Waals surface area (Å²) in [6.07, 6.45) is 0. The van der Waals surface area contributed by atoms with E-state index in [2.05, 4.69) is 0 Å². The normalized spacial score (nSPS) is 10.1. The number of primary amides is 1. The Bertz CT molecular complexity index is 599. The average Bonchev–Trinajstić information content (AvgIpc) is 2.28. The second-order valence-corrected chi connectivity index (χ2v) is 3.98. The van der Waals surface area contributed by atoms with Gasteiger partial charge < -0.3 is 15.6 Å². The zero-order valence-electron chi connectivity index (χ0n) is 9.26. The largest absolute Gasteiger partial charge is 0.508 e. The standard InChI is InChI=1S/C13H10ClNO3/c14-10-5-2-6-11(12(10)13(15)17)18-9-4-1-3-8(16)7-9/h1-7,16H,(H2,15,17). The van der Waals surface area contributed by atoms with Crippen LogP contribution in [0.25, 0.3) is 0 Å². The number of aromatic hydroxyl groups is 1. The molecule has 4 nitrogen and oxygen atoms in total. The van der Waals surface area contributed by atoms with Crippen molar-refractivity contribution in [2.45, 2.75) is 0 Å². The lowest BCUT2D eigenvalue weighted by molar-refractivity contribution is 0.0998. The lowest BCUT2D eigenvalue weighted by Crippen LogP contribution is -2.12. The van der Waals surface area contributed by atoms with E-state index in [9.17, 15) is 9.90 Å². The maximum absolute atomic E-state index is 11.3. The maximum Gasteiger partial charge on any atom is 0.254 e. The summed E-state index contributed by atoms with van der Waals surface area (Å²) in [5, 5.41) is 9.55. The molecule has 0 aliphatic rings. The molecule has 0 aliphatic carbocycles. The number of amides is 1. The Morgan fingerprint density at radius 1 is 1.22 bits per heavy atom. The van der Waals surface area contributed by atoms with Crippen molar-refractivity contribution in [2.24, 2.45) is 5.73 Å². The van der Waals surface area contributed by atoms with Crippen molar-refractivity contribution in [1.29, 1.82) is 0 Å². The first kappa shape index (κ1) is 12.3. The molecular formula is C13H10ClNO3. The van der Waals surface area contributed by atoms with Crippen molar-refractivity contribution >= 4 is 17.5 Å². The van der Waals surface area contributed by atoms with Crippen LogP contribution >= 0.6 is 11.6 Å². The first-order valence-corrected chi connectivity index (χ1v) is 5.51. The number of nitrogens with two attached hydrogens (primary N) is 1. The number of carbonyl (C=O) groups excluding carboxylic acids is 1. The van der Waals surface area contributed by atoms with E-state index in [-0.39, 0.29) is 22.1 Å². The zero-order valence-corrected chi connectivity index (χ0v) is 10.0. The first-order valence-electron chi connectivity index (χ1n) is 5.13. The van der Waals surface area contributed by atoms with Crippen LogP contribution in [0.2, 0.25) is 5.02 Å². The molecular weight excluding hydrogens is 254 g/mol. The molecule has 0 radical (unpaired) electrons. The third kappa shape index (κ3) is 2.55. The highest BCUT2D eigenvalue weighted by Crippen LogP contribution is 2.31. The molecule has 2 aromatic rings. The summed E-state index contributed by atoms with van der Waals surface area (Å²) in [6.45, 7) is 0. The van der Waals surface area contributed by atoms with Gasteiger partial charge in [0.15, 0.2) is 0 Å². The molecule has 0 spiro atoms. The third-order valence-electron chi connectivity index (χ3n) is 2.27. The van der Waals surface area contributed by atoms with E-state index < -0.39 is 5.91 Å². The van der Waals surface area contributed by atoms with Gasteiger partial charge in [-0.2, -0.15) is 0 Å². The third-order valence-corrected chi connectivity index (χ3v) is 2.58. The summed E-state index contributed by atoms with van der Waals surface area (Å²) < 4.78 is 5.49. The SMILES string of the molecule is NC(=O)c1c(Cl)cccc1Oc1cccc(O)c1. The second-order valence-electron chi connectivity index (χ2n) is 3.58. The first-order chi connectivity index (χ1) is 8.58. The molecule has 0 saturated heterocycles. The van der Waals surface area contributed by atoms with Gasteiger partial charge in [-0.25, -0.2) is 0 Å². The number of phenols is 1. The van der Waals surface area contributed by atoms with E-state index in [1.54, 1.807) is 30.3 Å². The Hall–Kier alpha value is -2.20. The van der Waals surface area contributed by atoms with Crippen LogP contribution in [0, 0.1) is 0 Å². The summed E-state index contributed by atoms with van der Waals surface area (Å²) in [4.78, 5) is 11.3. The molecule has 92 valence electrons. The van der Waals surface area contributed by atoms with Crippen molar-refractivity contribution in [3.63, 3.8) is 0 Å². The number of ether oxygens (including phenoxy) is 1. The molecule has 0 fully saturated rings. The summed E-state index contributed by atoms with van der Waals surface area (Å²) in [5.74, 6) is 0.0336. The summed E-state index contributed by atoms with van der Waals surface area (Å²) >= 11 is 5.89. The molecule has 0 saturated carbocycles. The van der Waals surface area contributed by atoms with E-state index in [4.69, 9.17) is 22.1 Å². The minimum Gasteiger partial charge on any atom is -0.508 e. The number of hydrogen-bond acceptors (Lipinski definition) is 3. The molecule has 0 heterocycles. The van der Waals surface area contributed by atoms with Crippen LogP contribution in [0.15, 0.2) is 42.5 Å². The highest BCUT2D eigenvalue weighted by molar-refractivity contribution is 6.34. The van der Waals surface area contributed by atoms with Gasteiger partial charge in [0.2, 0.25) is 0 Å². The van der Waals surface area contributed by atoms with Crippen LogP contribution < -0.4 is 10.5 Å². The van der Waals surface area contributed by atoms with Crippen LogP contribution in [-0.4, -0.2) is 11.0 Å². The quantitative estimate of drug-likeness (QED) is 0.894. The molecule has 2 aromatic carbocycles. The molecule has 0 aliphatic heterocycles. The molecule has 5 heteroatoms. The fourth-order valence-electron chi connectivity index (χ4n) is 1.50. The number of carbonyl (C=O) groups is 1. The van der Waals surface area contributed by atoms with Gasteiger partial charge in [-0.1, -0.05) is 23.7 Å². The highest BCUT2D eigenvalue weighted by atomic mass is 35.5. The number of benzene rings is 2. The summed E-state index contributed by atoms with van der Waals surface area (Å²) in [7, 11) is 0. The van der Waals surface area contributed by atoms with Gasteiger partial charge >= 0.3 is 0 Å². The topological polar surface area (TPSA) is 72.6 Å². The predicted molar refractivity (Wildman–Crippen MR) is 68.2 cm³/mol. The van der Waals surface area contributed by atoms with E-state index in [0.29, 0.717) is 5.75 Å². The maximum atomic E-state index is 11.3. The predicted octanol–water partition coefficient (Wildman–Crippen LogP) is 2.94. The van der Waals surface area contributed by atoms with E-state index >= 15 is 0 Å². The van der Waals surface area contributed by atoms with Crippen LogP contribution in [-0.2, 0) is 0 Å². The minimum atomic E-state index is -0.671. The number of halogens is 1. The smallest absolute Gasteiger partial charge is 0.254 e. The highest BCUT2D eigenvalue weighted by Gasteiger charge is 2.14. The molecule has 18 heavy (non-hydrogen) atoms. The van der Waals surface area contributed by atoms with Gasteiger partial charge in [-0.15, -0.1) is 0 Å². The lowest BCUT2D eigenvalue weighted by Gasteiger charge is -2.10. The van der Waals surface area contributed by atoms with Gasteiger partial charge in [0.25, 0.3) is 5.91 Å². The Morgan fingerprint density at radius 3 is 2.61 bits per heavy atom.